The van der Waals surface area contributed by atoms with Gasteiger partial charge in [0.25, 0.3) is 5.91 Å². The van der Waals surface area contributed by atoms with Gasteiger partial charge in [0.2, 0.25) is 5.91 Å². The van der Waals surface area contributed by atoms with Gasteiger partial charge in [-0.25, -0.2) is 0 Å². The monoisotopic (exact) mass is 313 g/mol. The first-order valence-electron chi connectivity index (χ1n) is 8.65. The van der Waals surface area contributed by atoms with Crippen molar-refractivity contribution in [2.45, 2.75) is 44.6 Å². The van der Waals surface area contributed by atoms with Crippen LogP contribution in [0.3, 0.4) is 0 Å². The molecule has 1 N–H and O–H groups in total. The third kappa shape index (κ3) is 3.09. The molecule has 1 saturated heterocycles. The zero-order valence-electron chi connectivity index (χ0n) is 13.3. The molecule has 1 aromatic rings. The van der Waals surface area contributed by atoms with Gasteiger partial charge in [0, 0.05) is 43.5 Å². The van der Waals surface area contributed by atoms with E-state index in [1.54, 1.807) is 24.5 Å². The van der Waals surface area contributed by atoms with Crippen LogP contribution in [-0.2, 0) is 4.79 Å². The second-order valence-corrected chi connectivity index (χ2v) is 7.36. The van der Waals surface area contributed by atoms with Crippen LogP contribution >= 0.6 is 0 Å². The van der Waals surface area contributed by atoms with Gasteiger partial charge in [0.15, 0.2) is 0 Å². The fraction of sp³-hybridized carbons (Fsp3) is 0.611. The normalized spacial score (nSPS) is 25.2. The van der Waals surface area contributed by atoms with E-state index in [2.05, 4.69) is 10.3 Å². The Morgan fingerprint density at radius 2 is 1.91 bits per heavy atom. The molecule has 3 fully saturated rings. The molecule has 2 aliphatic carbocycles. The predicted octanol–water partition coefficient (Wildman–Crippen LogP) is 1.99. The summed E-state index contributed by atoms with van der Waals surface area (Å²) in [6, 6.07) is 3.75. The molecule has 2 saturated carbocycles. The average molecular weight is 313 g/mol. The molecule has 2 heterocycles. The molecule has 0 bridgehead atoms. The van der Waals surface area contributed by atoms with Crippen LogP contribution in [0, 0.1) is 11.3 Å². The molecule has 122 valence electrons. The van der Waals surface area contributed by atoms with E-state index in [1.165, 1.54) is 12.8 Å². The molecule has 1 spiro atoms. The largest absolute Gasteiger partial charge is 0.349 e. The van der Waals surface area contributed by atoms with Crippen LogP contribution in [-0.4, -0.2) is 40.8 Å². The molecule has 5 nitrogen and oxygen atoms in total. The highest BCUT2D eigenvalue weighted by Gasteiger charge is 2.56. The summed E-state index contributed by atoms with van der Waals surface area (Å²) in [5.74, 6) is 0.980. The minimum atomic E-state index is -0.0125. The number of carbonyl (C=O) groups is 2. The Morgan fingerprint density at radius 1 is 1.22 bits per heavy atom. The number of hydrogen-bond donors (Lipinski definition) is 1. The summed E-state index contributed by atoms with van der Waals surface area (Å²) in [7, 11) is 0. The van der Waals surface area contributed by atoms with Gasteiger partial charge in [-0.15, -0.1) is 0 Å². The van der Waals surface area contributed by atoms with Gasteiger partial charge in [-0.1, -0.05) is 0 Å². The van der Waals surface area contributed by atoms with Crippen molar-refractivity contribution in [2.75, 3.05) is 13.1 Å². The Bertz CT molecular complexity index is 604. The van der Waals surface area contributed by atoms with Crippen molar-refractivity contribution in [1.29, 1.82) is 0 Å². The van der Waals surface area contributed by atoms with Crippen molar-refractivity contribution in [2.24, 2.45) is 11.3 Å². The highest BCUT2D eigenvalue weighted by molar-refractivity contribution is 5.94. The molecule has 0 radical (unpaired) electrons. The van der Waals surface area contributed by atoms with Crippen LogP contribution in [0.5, 0.6) is 0 Å². The second kappa shape index (κ2) is 5.62. The first-order chi connectivity index (χ1) is 11.2. The average Bonchev–Trinajstić information content (AvgIpc) is 3.49. The molecule has 4 rings (SSSR count). The summed E-state index contributed by atoms with van der Waals surface area (Å²) in [4.78, 5) is 30.4. The summed E-state index contributed by atoms with van der Waals surface area (Å²) < 4.78 is 0. The minimum absolute atomic E-state index is 0.0125. The van der Waals surface area contributed by atoms with Crippen molar-refractivity contribution in [3.05, 3.63) is 30.1 Å². The number of carbonyl (C=O) groups excluding carboxylic acids is 2. The van der Waals surface area contributed by atoms with Crippen LogP contribution in [0.25, 0.3) is 0 Å². The summed E-state index contributed by atoms with van der Waals surface area (Å²) in [6.45, 7) is 1.71. The van der Waals surface area contributed by atoms with Gasteiger partial charge >= 0.3 is 0 Å². The number of amides is 2. The van der Waals surface area contributed by atoms with E-state index in [4.69, 9.17) is 0 Å². The Balaban J connectivity index is 1.27. The van der Waals surface area contributed by atoms with E-state index in [9.17, 15) is 9.59 Å². The summed E-state index contributed by atoms with van der Waals surface area (Å²) in [6.07, 6.45) is 9.57. The van der Waals surface area contributed by atoms with Crippen LogP contribution in [0.4, 0.5) is 0 Å². The quantitative estimate of drug-likeness (QED) is 0.924. The zero-order chi connectivity index (χ0) is 15.9. The van der Waals surface area contributed by atoms with Gasteiger partial charge in [-0.2, -0.15) is 0 Å². The van der Waals surface area contributed by atoms with E-state index in [1.807, 2.05) is 4.90 Å². The lowest BCUT2D eigenvalue weighted by atomic mass is 9.92. The van der Waals surface area contributed by atoms with E-state index < -0.39 is 0 Å². The number of rotatable bonds is 4. The smallest absolute Gasteiger partial charge is 0.251 e. The van der Waals surface area contributed by atoms with Crippen LogP contribution in [0.15, 0.2) is 24.5 Å². The van der Waals surface area contributed by atoms with E-state index in [-0.39, 0.29) is 17.4 Å². The highest BCUT2D eigenvalue weighted by atomic mass is 16.2. The standard InChI is InChI=1S/C18H23N3O2/c22-16(11-13-1-2-13)21-9-5-18(6-10-21)12-15(18)20-17(23)14-3-7-19-8-4-14/h3-4,7-8,13,15H,1-2,5-6,9-12H2,(H,20,23). The van der Waals surface area contributed by atoms with Gasteiger partial charge < -0.3 is 10.2 Å². The molecule has 1 unspecified atom stereocenters. The maximum Gasteiger partial charge on any atom is 0.251 e. The molecule has 0 aromatic carbocycles. The van der Waals surface area contributed by atoms with Gasteiger partial charge in [-0.3, -0.25) is 14.6 Å². The Morgan fingerprint density at radius 3 is 2.57 bits per heavy atom. The predicted molar refractivity (Wildman–Crippen MR) is 85.7 cm³/mol. The number of nitrogens with one attached hydrogen (secondary N) is 1. The van der Waals surface area contributed by atoms with Gasteiger partial charge in [-0.05, 0) is 55.6 Å². The number of hydrogen-bond acceptors (Lipinski definition) is 3. The fourth-order valence-corrected chi connectivity index (χ4v) is 3.75. The van der Waals surface area contributed by atoms with Crippen LogP contribution in [0.2, 0.25) is 0 Å². The van der Waals surface area contributed by atoms with E-state index in [0.29, 0.717) is 17.4 Å². The number of pyridine rings is 1. The summed E-state index contributed by atoms with van der Waals surface area (Å²) in [5.41, 5.74) is 0.901. The molecule has 23 heavy (non-hydrogen) atoms. The van der Waals surface area contributed by atoms with Crippen molar-refractivity contribution in [1.82, 2.24) is 15.2 Å². The molecule has 3 aliphatic rings. The fourth-order valence-electron chi connectivity index (χ4n) is 3.75. The Hall–Kier alpha value is -1.91. The Labute approximate surface area is 136 Å². The maximum absolute atomic E-state index is 12.2. The third-order valence-corrected chi connectivity index (χ3v) is 5.71. The van der Waals surface area contributed by atoms with Crippen LogP contribution in [0.1, 0.15) is 48.9 Å². The van der Waals surface area contributed by atoms with Crippen molar-refractivity contribution >= 4 is 11.8 Å². The number of nitrogens with zero attached hydrogens (tertiary/aromatic N) is 2. The summed E-state index contributed by atoms with van der Waals surface area (Å²) >= 11 is 0. The molecular weight excluding hydrogens is 290 g/mol. The SMILES string of the molecule is O=C(NC1CC12CCN(C(=O)CC1CC1)CC2)c1ccncc1. The second-order valence-electron chi connectivity index (χ2n) is 7.36. The number of likely N-dealkylation sites (tertiary alicyclic amines) is 1. The lowest BCUT2D eigenvalue weighted by molar-refractivity contribution is -0.133. The van der Waals surface area contributed by atoms with Crippen molar-refractivity contribution in [3.8, 4) is 0 Å². The Kier molecular flexibility index (Phi) is 3.58. The maximum atomic E-state index is 12.2. The van der Waals surface area contributed by atoms with E-state index in [0.717, 1.165) is 38.8 Å². The summed E-state index contributed by atoms with van der Waals surface area (Å²) in [5, 5.41) is 3.15. The zero-order valence-corrected chi connectivity index (χ0v) is 13.3. The lowest BCUT2D eigenvalue weighted by Crippen LogP contribution is -2.41. The number of aromatic nitrogens is 1. The highest BCUT2D eigenvalue weighted by Crippen LogP contribution is 2.54. The van der Waals surface area contributed by atoms with Crippen molar-refractivity contribution < 1.29 is 9.59 Å². The molecule has 1 aromatic heterocycles. The topological polar surface area (TPSA) is 62.3 Å². The molecule has 2 amide bonds. The van der Waals surface area contributed by atoms with Gasteiger partial charge in [0.1, 0.15) is 0 Å². The first kappa shape index (κ1) is 14.7. The third-order valence-electron chi connectivity index (χ3n) is 5.71. The van der Waals surface area contributed by atoms with E-state index >= 15 is 0 Å². The number of piperidine rings is 1. The molecular formula is C18H23N3O2. The molecule has 1 aliphatic heterocycles. The van der Waals surface area contributed by atoms with Gasteiger partial charge in [0.05, 0.1) is 0 Å². The molecule has 5 heteroatoms. The lowest BCUT2D eigenvalue weighted by Gasteiger charge is -2.33. The van der Waals surface area contributed by atoms with Crippen LogP contribution < -0.4 is 5.32 Å². The molecule has 1 atom stereocenters. The van der Waals surface area contributed by atoms with Crippen molar-refractivity contribution in [3.63, 3.8) is 0 Å². The minimum Gasteiger partial charge on any atom is -0.349 e. The first-order valence-corrected chi connectivity index (χ1v) is 8.65.